The van der Waals surface area contributed by atoms with E-state index in [0.29, 0.717) is 54.8 Å². The highest BCUT2D eigenvalue weighted by molar-refractivity contribution is 6.30. The Morgan fingerprint density at radius 2 is 1.29 bits per heavy atom. The van der Waals surface area contributed by atoms with Crippen LogP contribution in [0.5, 0.6) is 5.75 Å². The first-order valence-corrected chi connectivity index (χ1v) is 9.95. The Morgan fingerprint density at radius 1 is 0.786 bits per heavy atom. The number of halogens is 2. The number of benzene rings is 2. The lowest BCUT2D eigenvalue weighted by molar-refractivity contribution is -0.140. The minimum Gasteiger partial charge on any atom is -0.484 e. The highest BCUT2D eigenvalue weighted by Gasteiger charge is 2.24. The molecule has 5 nitrogen and oxygen atoms in total. The molecule has 7 heteroatoms. The van der Waals surface area contributed by atoms with Crippen LogP contribution in [0.2, 0.25) is 10.0 Å². The van der Waals surface area contributed by atoms with Gasteiger partial charge >= 0.3 is 0 Å². The first kappa shape index (κ1) is 20.5. The minimum absolute atomic E-state index is 0.0217. The fourth-order valence-corrected chi connectivity index (χ4v) is 3.28. The number of rotatable bonds is 6. The highest BCUT2D eigenvalue weighted by Crippen LogP contribution is 2.16. The van der Waals surface area contributed by atoms with E-state index in [2.05, 4.69) is 0 Å². The normalized spacial score (nSPS) is 14.1. The Labute approximate surface area is 174 Å². The molecule has 0 aliphatic carbocycles. The van der Waals surface area contributed by atoms with Crippen LogP contribution in [0.1, 0.15) is 12.0 Å². The third-order valence-electron chi connectivity index (χ3n) is 4.70. The third kappa shape index (κ3) is 5.88. The van der Waals surface area contributed by atoms with Gasteiger partial charge in [-0.25, -0.2) is 0 Å². The number of hydrogen-bond acceptors (Lipinski definition) is 3. The van der Waals surface area contributed by atoms with E-state index in [1.165, 1.54) is 0 Å². The second kappa shape index (κ2) is 9.80. The third-order valence-corrected chi connectivity index (χ3v) is 5.21. The molecule has 0 saturated carbocycles. The molecule has 1 aliphatic heterocycles. The summed E-state index contributed by atoms with van der Waals surface area (Å²) in [4.78, 5) is 28.3. The number of carbonyl (C=O) groups is 2. The topological polar surface area (TPSA) is 49.9 Å². The molecule has 0 aromatic heterocycles. The van der Waals surface area contributed by atoms with E-state index in [1.54, 1.807) is 29.2 Å². The van der Waals surface area contributed by atoms with Gasteiger partial charge in [-0.15, -0.1) is 0 Å². The largest absolute Gasteiger partial charge is 0.484 e. The molecule has 2 aromatic carbocycles. The molecule has 3 rings (SSSR count). The molecule has 0 atom stereocenters. The van der Waals surface area contributed by atoms with Gasteiger partial charge in [0, 0.05) is 42.6 Å². The quantitative estimate of drug-likeness (QED) is 0.715. The average molecular weight is 421 g/mol. The SMILES string of the molecule is O=C(CCc1ccc(Cl)cc1)N1CCN(C(=O)COc2ccc(Cl)cc2)CC1. The summed E-state index contributed by atoms with van der Waals surface area (Å²) < 4.78 is 5.51. The van der Waals surface area contributed by atoms with Gasteiger partial charge in [0.15, 0.2) is 6.61 Å². The van der Waals surface area contributed by atoms with Crippen molar-refractivity contribution in [2.24, 2.45) is 0 Å². The number of aryl methyl sites for hydroxylation is 1. The van der Waals surface area contributed by atoms with Crippen molar-refractivity contribution < 1.29 is 14.3 Å². The van der Waals surface area contributed by atoms with E-state index in [1.807, 2.05) is 29.2 Å². The fourth-order valence-electron chi connectivity index (χ4n) is 3.03. The summed E-state index contributed by atoms with van der Waals surface area (Å²) in [5.74, 6) is 0.636. The Bertz CT molecular complexity index is 732. The first-order valence-electron chi connectivity index (χ1n) is 9.19. The Kier molecular flexibility index (Phi) is 7.18. The van der Waals surface area contributed by atoms with Gasteiger partial charge < -0.3 is 14.5 Å². The highest BCUT2D eigenvalue weighted by atomic mass is 35.5. The summed E-state index contributed by atoms with van der Waals surface area (Å²) in [5, 5.41) is 1.31. The van der Waals surface area contributed by atoms with Crippen molar-refractivity contribution in [2.75, 3.05) is 32.8 Å². The van der Waals surface area contributed by atoms with Crippen molar-refractivity contribution in [2.45, 2.75) is 12.8 Å². The fraction of sp³-hybridized carbons (Fsp3) is 0.333. The van der Waals surface area contributed by atoms with E-state index < -0.39 is 0 Å². The van der Waals surface area contributed by atoms with Crippen LogP contribution in [0.3, 0.4) is 0 Å². The Hall–Kier alpha value is -2.24. The van der Waals surface area contributed by atoms with Crippen molar-refractivity contribution in [1.82, 2.24) is 9.80 Å². The van der Waals surface area contributed by atoms with E-state index in [4.69, 9.17) is 27.9 Å². The maximum Gasteiger partial charge on any atom is 0.260 e. The lowest BCUT2D eigenvalue weighted by atomic mass is 10.1. The zero-order valence-corrected chi connectivity index (χ0v) is 17.0. The predicted molar refractivity (Wildman–Crippen MR) is 110 cm³/mol. The summed E-state index contributed by atoms with van der Waals surface area (Å²) in [5.41, 5.74) is 1.09. The van der Waals surface area contributed by atoms with E-state index in [0.717, 1.165) is 5.56 Å². The molecular weight excluding hydrogens is 399 g/mol. The van der Waals surface area contributed by atoms with Crippen LogP contribution in [0, 0.1) is 0 Å². The summed E-state index contributed by atoms with van der Waals surface area (Å²) >= 11 is 11.7. The van der Waals surface area contributed by atoms with Gasteiger partial charge in [-0.05, 0) is 48.4 Å². The molecular formula is C21H22Cl2N2O3. The molecule has 0 N–H and O–H groups in total. The van der Waals surface area contributed by atoms with Crippen LogP contribution in [-0.4, -0.2) is 54.4 Å². The molecule has 2 amide bonds. The molecule has 28 heavy (non-hydrogen) atoms. The zero-order chi connectivity index (χ0) is 19.9. The summed E-state index contributed by atoms with van der Waals surface area (Å²) in [6.07, 6.45) is 1.14. The van der Waals surface area contributed by atoms with Gasteiger partial charge in [-0.3, -0.25) is 9.59 Å². The molecule has 1 saturated heterocycles. The maximum atomic E-state index is 12.4. The molecule has 2 aromatic rings. The number of ether oxygens (including phenoxy) is 1. The van der Waals surface area contributed by atoms with Crippen LogP contribution in [0.15, 0.2) is 48.5 Å². The van der Waals surface area contributed by atoms with Crippen molar-refractivity contribution in [3.8, 4) is 5.75 Å². The average Bonchev–Trinajstić information content (AvgIpc) is 2.72. The molecule has 1 aliphatic rings. The van der Waals surface area contributed by atoms with Crippen molar-refractivity contribution in [1.29, 1.82) is 0 Å². The summed E-state index contributed by atoms with van der Waals surface area (Å²) in [6.45, 7) is 2.12. The first-order chi connectivity index (χ1) is 13.5. The monoisotopic (exact) mass is 420 g/mol. The van der Waals surface area contributed by atoms with Gasteiger partial charge in [0.2, 0.25) is 5.91 Å². The van der Waals surface area contributed by atoms with Gasteiger partial charge in [0.05, 0.1) is 0 Å². The second-order valence-corrected chi connectivity index (χ2v) is 7.50. The summed E-state index contributed by atoms with van der Waals surface area (Å²) in [6, 6.07) is 14.4. The van der Waals surface area contributed by atoms with Crippen LogP contribution in [-0.2, 0) is 16.0 Å². The molecule has 0 bridgehead atoms. The molecule has 148 valence electrons. The second-order valence-electron chi connectivity index (χ2n) is 6.63. The number of carbonyl (C=O) groups excluding carboxylic acids is 2. The maximum absolute atomic E-state index is 12.4. The standard InChI is InChI=1S/C21H22Cl2N2O3/c22-17-4-1-16(2-5-17)3-10-20(26)24-11-13-25(14-12-24)21(27)15-28-19-8-6-18(23)7-9-19/h1-2,4-9H,3,10-15H2. The van der Waals surface area contributed by atoms with Gasteiger partial charge in [0.1, 0.15) is 5.75 Å². The van der Waals surface area contributed by atoms with Crippen molar-refractivity contribution >= 4 is 35.0 Å². The van der Waals surface area contributed by atoms with Crippen molar-refractivity contribution in [3.63, 3.8) is 0 Å². The molecule has 1 heterocycles. The lowest BCUT2D eigenvalue weighted by Crippen LogP contribution is -2.51. The van der Waals surface area contributed by atoms with Gasteiger partial charge in [0.25, 0.3) is 5.91 Å². The van der Waals surface area contributed by atoms with Crippen LogP contribution in [0.25, 0.3) is 0 Å². The molecule has 0 unspecified atom stereocenters. The Balaban J connectivity index is 1.39. The Morgan fingerprint density at radius 3 is 1.86 bits per heavy atom. The van der Waals surface area contributed by atoms with Crippen LogP contribution < -0.4 is 4.74 Å². The number of piperazine rings is 1. The molecule has 0 spiro atoms. The van der Waals surface area contributed by atoms with Crippen molar-refractivity contribution in [3.05, 3.63) is 64.1 Å². The van der Waals surface area contributed by atoms with Crippen LogP contribution >= 0.6 is 23.2 Å². The van der Waals surface area contributed by atoms with E-state index in [9.17, 15) is 9.59 Å². The molecule has 1 fully saturated rings. The minimum atomic E-state index is -0.0804. The molecule has 0 radical (unpaired) electrons. The lowest BCUT2D eigenvalue weighted by Gasteiger charge is -2.34. The van der Waals surface area contributed by atoms with Crippen LogP contribution in [0.4, 0.5) is 0 Å². The van der Waals surface area contributed by atoms with Gasteiger partial charge in [-0.1, -0.05) is 35.3 Å². The number of nitrogens with zero attached hydrogens (tertiary/aromatic N) is 2. The van der Waals surface area contributed by atoms with Gasteiger partial charge in [-0.2, -0.15) is 0 Å². The van der Waals surface area contributed by atoms with E-state index in [-0.39, 0.29) is 18.4 Å². The predicted octanol–water partition coefficient (Wildman–Crippen LogP) is 3.68. The zero-order valence-electron chi connectivity index (χ0n) is 15.4. The summed E-state index contributed by atoms with van der Waals surface area (Å²) in [7, 11) is 0. The number of hydrogen-bond donors (Lipinski definition) is 0. The van der Waals surface area contributed by atoms with E-state index >= 15 is 0 Å². The smallest absolute Gasteiger partial charge is 0.260 e. The number of amides is 2.